The maximum atomic E-state index is 11.9. The highest BCUT2D eigenvalue weighted by Gasteiger charge is 2.09. The molecule has 28 heavy (non-hydrogen) atoms. The minimum atomic E-state index is -0.329. The molecule has 0 aliphatic rings. The van der Waals surface area contributed by atoms with Crippen LogP contribution in [0, 0.1) is 0 Å². The third-order valence-corrected chi connectivity index (χ3v) is 4.82. The first-order valence-electron chi connectivity index (χ1n) is 8.69. The van der Waals surface area contributed by atoms with Crippen LogP contribution in [0.25, 0.3) is 10.6 Å². The Kier molecular flexibility index (Phi) is 6.86. The van der Waals surface area contributed by atoms with E-state index in [1.165, 1.54) is 11.3 Å². The van der Waals surface area contributed by atoms with Crippen LogP contribution in [0.5, 0.6) is 17.2 Å². The molecule has 1 aromatic heterocycles. The molecule has 0 bridgehead atoms. The Morgan fingerprint density at radius 2 is 1.75 bits per heavy atom. The van der Waals surface area contributed by atoms with Gasteiger partial charge in [0.05, 0.1) is 32.9 Å². The average molecular weight is 399 g/mol. The topological polar surface area (TPSA) is 66.9 Å². The van der Waals surface area contributed by atoms with Crippen molar-refractivity contribution in [3.63, 3.8) is 0 Å². The highest BCUT2D eigenvalue weighted by molar-refractivity contribution is 7.13. The molecule has 0 saturated heterocycles. The molecule has 7 heteroatoms. The number of hydrogen-bond acceptors (Lipinski definition) is 7. The maximum absolute atomic E-state index is 11.9. The molecule has 0 aliphatic carbocycles. The van der Waals surface area contributed by atoms with Crippen LogP contribution >= 0.6 is 11.3 Å². The van der Waals surface area contributed by atoms with E-state index in [1.807, 2.05) is 29.6 Å². The van der Waals surface area contributed by atoms with Gasteiger partial charge in [-0.2, -0.15) is 0 Å². The van der Waals surface area contributed by atoms with E-state index in [0.717, 1.165) is 22.1 Å². The van der Waals surface area contributed by atoms with E-state index in [9.17, 15) is 4.79 Å². The lowest BCUT2D eigenvalue weighted by Crippen LogP contribution is -2.10. The monoisotopic (exact) mass is 399 g/mol. The highest BCUT2D eigenvalue weighted by Crippen LogP contribution is 2.27. The fraction of sp³-hybridized carbons (Fsp3) is 0.238. The van der Waals surface area contributed by atoms with Crippen molar-refractivity contribution < 1.29 is 23.7 Å². The first kappa shape index (κ1) is 19.7. The maximum Gasteiger partial charge on any atom is 0.309 e. The van der Waals surface area contributed by atoms with E-state index in [-0.39, 0.29) is 25.6 Å². The molecular weight excluding hydrogens is 378 g/mol. The third-order valence-electron chi connectivity index (χ3n) is 3.88. The van der Waals surface area contributed by atoms with Crippen LogP contribution in [0.15, 0.2) is 53.9 Å². The second kappa shape index (κ2) is 9.75. The van der Waals surface area contributed by atoms with Crippen LogP contribution in [0.1, 0.15) is 12.1 Å². The summed E-state index contributed by atoms with van der Waals surface area (Å²) in [6.07, 6.45) is 0.166. The van der Waals surface area contributed by atoms with Crippen molar-refractivity contribution in [2.24, 2.45) is 0 Å². The lowest BCUT2D eigenvalue weighted by molar-refractivity contribution is -0.145. The number of benzene rings is 2. The third kappa shape index (κ3) is 5.47. The predicted molar refractivity (Wildman–Crippen MR) is 107 cm³/mol. The van der Waals surface area contributed by atoms with Crippen molar-refractivity contribution in [3.05, 3.63) is 59.6 Å². The molecule has 0 atom stereocenters. The SMILES string of the molecule is COc1ccc(OCCC(=O)OCc2csc(-c3cccc(OC)c3)n2)cc1. The largest absolute Gasteiger partial charge is 0.497 e. The summed E-state index contributed by atoms with van der Waals surface area (Å²) in [6.45, 7) is 0.388. The van der Waals surface area contributed by atoms with Crippen molar-refractivity contribution in [3.8, 4) is 27.8 Å². The Morgan fingerprint density at radius 1 is 1.00 bits per heavy atom. The number of thiazole rings is 1. The van der Waals surface area contributed by atoms with Gasteiger partial charge in [-0.1, -0.05) is 12.1 Å². The first-order chi connectivity index (χ1) is 13.7. The molecule has 0 aliphatic heterocycles. The Morgan fingerprint density at radius 3 is 2.50 bits per heavy atom. The summed E-state index contributed by atoms with van der Waals surface area (Å²) in [4.78, 5) is 16.4. The molecule has 0 saturated carbocycles. The van der Waals surface area contributed by atoms with Gasteiger partial charge in [0.2, 0.25) is 0 Å². The normalized spacial score (nSPS) is 10.4. The molecular formula is C21H21NO5S. The smallest absolute Gasteiger partial charge is 0.309 e. The zero-order valence-electron chi connectivity index (χ0n) is 15.7. The zero-order chi connectivity index (χ0) is 19.8. The summed E-state index contributed by atoms with van der Waals surface area (Å²) in [7, 11) is 3.23. The van der Waals surface area contributed by atoms with Crippen molar-refractivity contribution in [2.75, 3.05) is 20.8 Å². The van der Waals surface area contributed by atoms with E-state index in [4.69, 9.17) is 18.9 Å². The Labute approximate surface area is 167 Å². The Hall–Kier alpha value is -3.06. The van der Waals surface area contributed by atoms with Crippen molar-refractivity contribution >= 4 is 17.3 Å². The molecule has 0 N–H and O–H groups in total. The zero-order valence-corrected chi connectivity index (χ0v) is 16.5. The van der Waals surface area contributed by atoms with E-state index in [1.54, 1.807) is 38.5 Å². The van der Waals surface area contributed by atoms with Crippen LogP contribution in [-0.2, 0) is 16.1 Å². The summed E-state index contributed by atoms with van der Waals surface area (Å²) in [6, 6.07) is 14.9. The van der Waals surface area contributed by atoms with Crippen molar-refractivity contribution in [1.29, 1.82) is 0 Å². The molecule has 0 spiro atoms. The summed E-state index contributed by atoms with van der Waals surface area (Å²) < 4.78 is 21.1. The molecule has 6 nitrogen and oxygen atoms in total. The fourth-order valence-electron chi connectivity index (χ4n) is 2.41. The number of hydrogen-bond donors (Lipinski definition) is 0. The second-order valence-electron chi connectivity index (χ2n) is 5.81. The van der Waals surface area contributed by atoms with Gasteiger partial charge in [-0.05, 0) is 36.4 Å². The standard InChI is InChI=1S/C21H21NO5S/c1-24-17-6-8-18(9-7-17)26-11-10-20(23)27-13-16-14-28-21(22-16)15-4-3-5-19(12-15)25-2/h3-9,12,14H,10-11,13H2,1-2H3. The molecule has 3 aromatic rings. The van der Waals surface area contributed by atoms with Crippen molar-refractivity contribution in [1.82, 2.24) is 4.98 Å². The Bertz CT molecular complexity index is 907. The molecule has 0 unspecified atom stereocenters. The molecule has 0 amide bonds. The van der Waals surface area contributed by atoms with Gasteiger partial charge in [0.15, 0.2) is 0 Å². The minimum absolute atomic E-state index is 0.141. The summed E-state index contributed by atoms with van der Waals surface area (Å²) in [5.74, 6) is 1.88. The molecule has 0 radical (unpaired) electrons. The molecule has 146 valence electrons. The number of ether oxygens (including phenoxy) is 4. The summed E-state index contributed by atoms with van der Waals surface area (Å²) >= 11 is 1.50. The van der Waals surface area contributed by atoms with E-state index < -0.39 is 0 Å². The average Bonchev–Trinajstić information content (AvgIpc) is 3.22. The van der Waals surface area contributed by atoms with Gasteiger partial charge in [0.1, 0.15) is 28.9 Å². The van der Waals surface area contributed by atoms with Crippen LogP contribution in [0.2, 0.25) is 0 Å². The van der Waals surface area contributed by atoms with Gasteiger partial charge in [-0.25, -0.2) is 4.98 Å². The van der Waals surface area contributed by atoms with Crippen LogP contribution < -0.4 is 14.2 Å². The minimum Gasteiger partial charge on any atom is -0.497 e. The van der Waals surface area contributed by atoms with E-state index in [2.05, 4.69) is 4.98 Å². The van der Waals surface area contributed by atoms with Crippen molar-refractivity contribution in [2.45, 2.75) is 13.0 Å². The van der Waals surface area contributed by atoms with Crippen LogP contribution in [0.3, 0.4) is 0 Å². The van der Waals surface area contributed by atoms with Gasteiger partial charge in [-0.3, -0.25) is 4.79 Å². The van der Waals surface area contributed by atoms with Gasteiger partial charge < -0.3 is 18.9 Å². The number of aromatic nitrogens is 1. The van der Waals surface area contributed by atoms with Gasteiger partial charge in [0, 0.05) is 10.9 Å². The molecule has 2 aromatic carbocycles. The number of esters is 1. The second-order valence-corrected chi connectivity index (χ2v) is 6.67. The first-order valence-corrected chi connectivity index (χ1v) is 9.57. The van der Waals surface area contributed by atoms with Crippen LogP contribution in [-0.4, -0.2) is 31.8 Å². The number of rotatable bonds is 9. The molecule has 1 heterocycles. The highest BCUT2D eigenvalue weighted by atomic mass is 32.1. The lowest BCUT2D eigenvalue weighted by Gasteiger charge is -2.07. The van der Waals surface area contributed by atoms with Crippen LogP contribution in [0.4, 0.5) is 0 Å². The number of carbonyl (C=O) groups is 1. The summed E-state index contributed by atoms with van der Waals surface area (Å²) in [5.41, 5.74) is 1.68. The quantitative estimate of drug-likeness (QED) is 0.499. The van der Waals surface area contributed by atoms with Gasteiger partial charge in [0.25, 0.3) is 0 Å². The lowest BCUT2D eigenvalue weighted by atomic mass is 10.2. The Balaban J connectivity index is 1.43. The van der Waals surface area contributed by atoms with Gasteiger partial charge >= 0.3 is 5.97 Å². The number of methoxy groups -OCH3 is 2. The van der Waals surface area contributed by atoms with Gasteiger partial charge in [-0.15, -0.1) is 11.3 Å². The number of nitrogens with zero attached hydrogens (tertiary/aromatic N) is 1. The van der Waals surface area contributed by atoms with E-state index >= 15 is 0 Å². The molecule has 3 rings (SSSR count). The predicted octanol–water partition coefficient (Wildman–Crippen LogP) is 4.34. The fourth-order valence-corrected chi connectivity index (χ4v) is 3.21. The summed E-state index contributed by atoms with van der Waals surface area (Å²) in [5, 5.41) is 2.74. The molecule has 0 fully saturated rings. The number of carbonyl (C=O) groups excluding carboxylic acids is 1. The van der Waals surface area contributed by atoms with E-state index in [0.29, 0.717) is 11.4 Å².